The lowest BCUT2D eigenvalue weighted by Gasteiger charge is -2.24. The number of carbonyl (C=O) groups is 1. The number of carboxylic acids is 1. The van der Waals surface area contributed by atoms with E-state index in [1.54, 1.807) is 0 Å². The van der Waals surface area contributed by atoms with E-state index in [2.05, 4.69) is 0 Å². The van der Waals surface area contributed by atoms with Crippen molar-refractivity contribution in [2.24, 2.45) is 5.92 Å². The molecule has 0 aromatic heterocycles. The first kappa shape index (κ1) is 14.4. The fourth-order valence-electron chi connectivity index (χ4n) is 1.39. The van der Waals surface area contributed by atoms with Crippen LogP contribution in [0.5, 0.6) is 0 Å². The molecule has 0 heterocycles. The Morgan fingerprint density at radius 3 is 2.44 bits per heavy atom. The number of sulfonamides is 1. The fourth-order valence-corrected chi connectivity index (χ4v) is 2.39. The average molecular weight is 275 g/mol. The van der Waals surface area contributed by atoms with Crippen LogP contribution in [-0.4, -0.2) is 32.3 Å². The molecule has 1 aromatic rings. The number of rotatable bonds is 5. The number of para-hydroxylation sites is 1. The molecule has 0 aliphatic rings. The number of anilines is 1. The second kappa shape index (κ2) is 5.34. The number of aliphatic carboxylic acids is 1. The highest BCUT2D eigenvalue weighted by atomic mass is 32.2. The van der Waals surface area contributed by atoms with Gasteiger partial charge in [0.1, 0.15) is 5.82 Å². The summed E-state index contributed by atoms with van der Waals surface area (Å²) in [5, 5.41) is 8.80. The van der Waals surface area contributed by atoms with E-state index in [0.29, 0.717) is 0 Å². The van der Waals surface area contributed by atoms with Crippen molar-refractivity contribution in [1.82, 2.24) is 0 Å². The zero-order valence-corrected chi connectivity index (χ0v) is 10.8. The number of benzene rings is 1. The van der Waals surface area contributed by atoms with Crippen LogP contribution in [0, 0.1) is 11.7 Å². The highest BCUT2D eigenvalue weighted by molar-refractivity contribution is 7.92. The van der Waals surface area contributed by atoms with Crippen LogP contribution in [0.4, 0.5) is 10.1 Å². The van der Waals surface area contributed by atoms with Gasteiger partial charge in [-0.15, -0.1) is 0 Å². The Balaban J connectivity index is 3.16. The van der Waals surface area contributed by atoms with Gasteiger partial charge in [0.15, 0.2) is 0 Å². The molecule has 7 heteroatoms. The lowest BCUT2D eigenvalue weighted by atomic mass is 10.2. The zero-order chi connectivity index (χ0) is 13.9. The third kappa shape index (κ3) is 3.43. The average Bonchev–Trinajstić information content (AvgIpc) is 2.25. The van der Waals surface area contributed by atoms with Crippen LogP contribution in [-0.2, 0) is 14.8 Å². The van der Waals surface area contributed by atoms with E-state index in [1.807, 2.05) is 0 Å². The van der Waals surface area contributed by atoms with Crippen LogP contribution in [0.25, 0.3) is 0 Å². The lowest BCUT2D eigenvalue weighted by Crippen LogP contribution is -2.36. The summed E-state index contributed by atoms with van der Waals surface area (Å²) in [4.78, 5) is 10.8. The maximum absolute atomic E-state index is 13.6. The highest BCUT2D eigenvalue weighted by Gasteiger charge is 2.25. The largest absolute Gasteiger partial charge is 0.481 e. The van der Waals surface area contributed by atoms with Crippen molar-refractivity contribution in [3.63, 3.8) is 0 Å². The van der Waals surface area contributed by atoms with Crippen molar-refractivity contribution < 1.29 is 22.7 Å². The van der Waals surface area contributed by atoms with Crippen LogP contribution in [0.2, 0.25) is 0 Å². The maximum atomic E-state index is 13.6. The van der Waals surface area contributed by atoms with Gasteiger partial charge in [-0.25, -0.2) is 12.8 Å². The smallest absolute Gasteiger partial charge is 0.308 e. The van der Waals surface area contributed by atoms with Gasteiger partial charge in [0, 0.05) is 6.54 Å². The predicted molar refractivity (Wildman–Crippen MR) is 65.4 cm³/mol. The van der Waals surface area contributed by atoms with E-state index in [4.69, 9.17) is 5.11 Å². The SMILES string of the molecule is CC(CN(c1ccccc1F)S(C)(=O)=O)C(=O)O. The van der Waals surface area contributed by atoms with Crippen molar-refractivity contribution in [2.75, 3.05) is 17.1 Å². The standard InChI is InChI=1S/C11H14FNO4S/c1-8(11(14)15)7-13(18(2,16)17)10-6-4-3-5-9(10)12/h3-6,8H,7H2,1-2H3,(H,14,15). The molecular formula is C11H14FNO4S. The molecule has 0 spiro atoms. The molecule has 0 bridgehead atoms. The van der Waals surface area contributed by atoms with Crippen LogP contribution < -0.4 is 4.31 Å². The summed E-state index contributed by atoms with van der Waals surface area (Å²) in [6.07, 6.45) is 0.911. The van der Waals surface area contributed by atoms with E-state index in [1.165, 1.54) is 25.1 Å². The Hall–Kier alpha value is -1.63. The van der Waals surface area contributed by atoms with Gasteiger partial charge < -0.3 is 5.11 Å². The molecule has 1 aromatic carbocycles. The molecule has 0 aliphatic heterocycles. The molecule has 1 rings (SSSR count). The zero-order valence-electron chi connectivity index (χ0n) is 10.00. The minimum Gasteiger partial charge on any atom is -0.481 e. The first-order chi connectivity index (χ1) is 8.23. The van der Waals surface area contributed by atoms with Crippen LogP contribution in [0.3, 0.4) is 0 Å². The highest BCUT2D eigenvalue weighted by Crippen LogP contribution is 2.22. The predicted octanol–water partition coefficient (Wildman–Crippen LogP) is 1.31. The van der Waals surface area contributed by atoms with Crippen molar-refractivity contribution in [3.8, 4) is 0 Å². The van der Waals surface area contributed by atoms with Crippen LogP contribution >= 0.6 is 0 Å². The molecule has 5 nitrogen and oxygen atoms in total. The van der Waals surface area contributed by atoms with Gasteiger partial charge in [0.2, 0.25) is 10.0 Å². The second-order valence-corrected chi connectivity index (χ2v) is 5.89. The quantitative estimate of drug-likeness (QED) is 0.879. The Morgan fingerprint density at radius 2 is 2.00 bits per heavy atom. The first-order valence-electron chi connectivity index (χ1n) is 5.18. The molecular weight excluding hydrogens is 261 g/mol. The van der Waals surface area contributed by atoms with E-state index < -0.39 is 27.7 Å². The fraction of sp³-hybridized carbons (Fsp3) is 0.364. The molecule has 0 fully saturated rings. The molecule has 1 unspecified atom stereocenters. The van der Waals surface area contributed by atoms with Gasteiger partial charge in [0.05, 0.1) is 17.9 Å². The summed E-state index contributed by atoms with van der Waals surface area (Å²) in [5.74, 6) is -2.78. The van der Waals surface area contributed by atoms with Gasteiger partial charge in [-0.05, 0) is 12.1 Å². The number of carboxylic acid groups (broad SMARTS) is 1. The Bertz CT molecular complexity index is 544. The molecule has 18 heavy (non-hydrogen) atoms. The van der Waals surface area contributed by atoms with Gasteiger partial charge in [0.25, 0.3) is 0 Å². The van der Waals surface area contributed by atoms with Crippen molar-refractivity contribution in [2.45, 2.75) is 6.92 Å². The summed E-state index contributed by atoms with van der Waals surface area (Å²) >= 11 is 0. The molecule has 1 N–H and O–H groups in total. The minimum absolute atomic E-state index is 0.145. The van der Waals surface area contributed by atoms with E-state index >= 15 is 0 Å². The summed E-state index contributed by atoms with van der Waals surface area (Å²) in [5.41, 5.74) is -0.145. The van der Waals surface area contributed by atoms with E-state index in [9.17, 15) is 17.6 Å². The van der Waals surface area contributed by atoms with Crippen molar-refractivity contribution in [3.05, 3.63) is 30.1 Å². The Morgan fingerprint density at radius 1 is 1.44 bits per heavy atom. The normalized spacial score (nSPS) is 13.1. The first-order valence-corrected chi connectivity index (χ1v) is 7.03. The third-order valence-electron chi connectivity index (χ3n) is 2.38. The summed E-state index contributed by atoms with van der Waals surface area (Å²) < 4.78 is 37.6. The topological polar surface area (TPSA) is 74.7 Å². The Kier molecular flexibility index (Phi) is 4.28. The number of hydrogen-bond acceptors (Lipinski definition) is 3. The van der Waals surface area contributed by atoms with Gasteiger partial charge in [-0.1, -0.05) is 19.1 Å². The monoisotopic (exact) mass is 275 g/mol. The summed E-state index contributed by atoms with van der Waals surface area (Å²) in [7, 11) is -3.74. The molecule has 0 amide bonds. The molecule has 0 saturated carbocycles. The summed E-state index contributed by atoms with van der Waals surface area (Å²) in [6, 6.07) is 5.34. The van der Waals surface area contributed by atoms with Gasteiger partial charge in [-0.3, -0.25) is 9.10 Å². The second-order valence-electron chi connectivity index (χ2n) is 3.98. The van der Waals surface area contributed by atoms with Gasteiger partial charge >= 0.3 is 5.97 Å². The molecule has 0 radical (unpaired) electrons. The number of halogens is 1. The van der Waals surface area contributed by atoms with Crippen LogP contribution in [0.15, 0.2) is 24.3 Å². The van der Waals surface area contributed by atoms with Crippen molar-refractivity contribution >= 4 is 21.7 Å². The molecule has 0 aliphatic carbocycles. The summed E-state index contributed by atoms with van der Waals surface area (Å²) in [6.45, 7) is 1.05. The van der Waals surface area contributed by atoms with Gasteiger partial charge in [-0.2, -0.15) is 0 Å². The molecule has 100 valence electrons. The van der Waals surface area contributed by atoms with E-state index in [0.717, 1.165) is 16.6 Å². The van der Waals surface area contributed by atoms with Crippen molar-refractivity contribution in [1.29, 1.82) is 0 Å². The maximum Gasteiger partial charge on any atom is 0.308 e. The number of nitrogens with zero attached hydrogens (tertiary/aromatic N) is 1. The lowest BCUT2D eigenvalue weighted by molar-refractivity contribution is -0.140. The Labute approximate surface area is 105 Å². The van der Waals surface area contributed by atoms with Crippen LogP contribution in [0.1, 0.15) is 6.92 Å². The third-order valence-corrected chi connectivity index (χ3v) is 3.53. The van der Waals surface area contributed by atoms with E-state index in [-0.39, 0.29) is 12.2 Å². The molecule has 1 atom stereocenters. The minimum atomic E-state index is -3.74. The molecule has 0 saturated heterocycles. The number of hydrogen-bond donors (Lipinski definition) is 1.